The molecule has 3 fully saturated rings. The van der Waals surface area contributed by atoms with E-state index in [9.17, 15) is 13.8 Å². The van der Waals surface area contributed by atoms with E-state index in [2.05, 4.69) is 45.9 Å². The second kappa shape index (κ2) is 9.91. The molecule has 3 aliphatic rings. The molecule has 3 rings (SSSR count). The second-order valence-electron chi connectivity index (χ2n) is 13.3. The predicted molar refractivity (Wildman–Crippen MR) is 133 cm³/mol. The van der Waals surface area contributed by atoms with Gasteiger partial charge in [-0.25, -0.2) is 0 Å². The Morgan fingerprint density at radius 2 is 1.06 bits per heavy atom. The summed E-state index contributed by atoms with van der Waals surface area (Å²) in [6.07, 6.45) is 6.29. The van der Waals surface area contributed by atoms with Crippen LogP contribution >= 0.6 is 0 Å². The number of ketones is 2. The minimum atomic E-state index is -1.14. The molecule has 34 heavy (non-hydrogen) atoms. The average molecular weight is 488 g/mol. The van der Waals surface area contributed by atoms with Crippen LogP contribution in [-0.4, -0.2) is 27.8 Å². The smallest absolute Gasteiger partial charge is 0.165 e. The molecule has 3 aliphatic carbocycles. The van der Waals surface area contributed by atoms with E-state index in [0.29, 0.717) is 18.3 Å². The van der Waals surface area contributed by atoms with Crippen LogP contribution in [0.5, 0.6) is 0 Å². The Hall–Kier alpha value is -2.04. The van der Waals surface area contributed by atoms with Gasteiger partial charge in [0.25, 0.3) is 0 Å². The van der Waals surface area contributed by atoms with Gasteiger partial charge in [-0.3, -0.25) is 13.8 Å². The molecular weight excluding hydrogens is 446 g/mol. The van der Waals surface area contributed by atoms with Gasteiger partial charge in [0.05, 0.1) is 29.4 Å². The summed E-state index contributed by atoms with van der Waals surface area (Å²) in [5.41, 5.74) is -0.755. The molecule has 1 atom stereocenters. The molecule has 0 heterocycles. The predicted octanol–water partition coefficient (Wildman–Crippen LogP) is 5.51. The number of nitriles is 3. The van der Waals surface area contributed by atoms with E-state index in [-0.39, 0.29) is 33.6 Å². The van der Waals surface area contributed by atoms with Crippen LogP contribution in [0.25, 0.3) is 0 Å². The van der Waals surface area contributed by atoms with Crippen LogP contribution < -0.4 is 0 Å². The van der Waals surface area contributed by atoms with Gasteiger partial charge in [0, 0.05) is 17.1 Å². The summed E-state index contributed by atoms with van der Waals surface area (Å²) < 4.78 is 10.9. The molecule has 0 saturated heterocycles. The lowest BCUT2D eigenvalue weighted by molar-refractivity contribution is -0.133. The lowest BCUT2D eigenvalue weighted by Gasteiger charge is -2.47. The van der Waals surface area contributed by atoms with Crippen molar-refractivity contribution in [1.29, 1.82) is 15.8 Å². The molecule has 0 bridgehead atoms. The fourth-order valence-corrected chi connectivity index (χ4v) is 7.02. The lowest BCUT2D eigenvalue weighted by atomic mass is 9.53. The van der Waals surface area contributed by atoms with Gasteiger partial charge < -0.3 is 0 Å². The van der Waals surface area contributed by atoms with E-state index in [1.807, 2.05) is 20.8 Å². The summed E-state index contributed by atoms with van der Waals surface area (Å²) in [6.45, 7) is 16.2. The van der Waals surface area contributed by atoms with E-state index in [1.54, 1.807) is 0 Å². The molecule has 0 N–H and O–H groups in total. The molecule has 6 nitrogen and oxygen atoms in total. The fraction of sp³-hybridized carbons (Fsp3) is 0.815. The molecule has 3 saturated carbocycles. The first-order chi connectivity index (χ1) is 15.2. The monoisotopic (exact) mass is 487 g/mol. The van der Waals surface area contributed by atoms with Crippen molar-refractivity contribution < 1.29 is 13.8 Å². The number of carbonyl (C=O) groups excluding carboxylic acids is 2. The first kappa shape index (κ1) is 30.0. The maximum Gasteiger partial charge on any atom is 0.165 e. The molecule has 0 aromatic rings. The van der Waals surface area contributed by atoms with E-state index < -0.39 is 21.6 Å². The highest BCUT2D eigenvalue weighted by Gasteiger charge is 2.54. The molecule has 188 valence electrons. The maximum atomic E-state index is 11.7. The van der Waals surface area contributed by atoms with Crippen molar-refractivity contribution in [3.8, 4) is 18.2 Å². The van der Waals surface area contributed by atoms with Gasteiger partial charge in [-0.1, -0.05) is 41.5 Å². The number of nitrogens with zero attached hydrogens (tertiary/aromatic N) is 3. The van der Waals surface area contributed by atoms with Crippen molar-refractivity contribution in [3.05, 3.63) is 0 Å². The quantitative estimate of drug-likeness (QED) is 0.515. The first-order valence-electron chi connectivity index (χ1n) is 11.8. The average Bonchev–Trinajstić information content (AvgIpc) is 2.61. The van der Waals surface area contributed by atoms with Crippen LogP contribution in [0.15, 0.2) is 0 Å². The van der Waals surface area contributed by atoms with Crippen molar-refractivity contribution >= 4 is 22.4 Å². The fourth-order valence-electron chi connectivity index (χ4n) is 6.37. The topological polar surface area (TPSA) is 123 Å². The molecule has 7 heteroatoms. The zero-order valence-corrected chi connectivity index (χ0v) is 23.2. The summed E-state index contributed by atoms with van der Waals surface area (Å²) in [4.78, 5) is 22.7. The maximum absolute atomic E-state index is 11.7. The Morgan fingerprint density at radius 1 is 0.706 bits per heavy atom. The third kappa shape index (κ3) is 7.23. The van der Waals surface area contributed by atoms with Gasteiger partial charge in [0.1, 0.15) is 16.6 Å². The highest BCUT2D eigenvalue weighted by Crippen LogP contribution is 2.55. The van der Waals surface area contributed by atoms with Gasteiger partial charge in [-0.15, -0.1) is 0 Å². The molecule has 0 aromatic carbocycles. The Labute approximate surface area is 208 Å². The third-order valence-electron chi connectivity index (χ3n) is 7.10. The third-order valence-corrected chi connectivity index (χ3v) is 7.77. The molecule has 0 aromatic heterocycles. The minimum Gasteiger partial charge on any atom is -0.298 e. The van der Waals surface area contributed by atoms with Gasteiger partial charge in [-0.2, -0.15) is 15.8 Å². The molecule has 1 unspecified atom stereocenters. The summed E-state index contributed by atoms with van der Waals surface area (Å²) in [5, 5.41) is 26.4. The van der Waals surface area contributed by atoms with Crippen molar-refractivity contribution in [2.45, 2.75) is 93.9 Å². The Kier molecular flexibility index (Phi) is 8.74. The standard InChI is InChI=1S/C10H15NO2S.C9H13NO.C8H13N/c1-9(2)5-10(6-9,7-11)8(12)4-14(3)13;1-7(11)9(6-10)4-8(2,3)5-9;1-7(2)4-8(3,5-7)6-9/h4-6H2,1-3H3;4-5H2,1-3H3;4-5H2,1-3H3. The highest BCUT2D eigenvalue weighted by atomic mass is 32.2. The molecule has 0 aliphatic heterocycles. The SMILES string of the molecule is CC(=O)C1(C#N)CC(C)(C)C1.CC1(C)CC(C)(C#N)C1.CS(=O)CC(=O)C1(C#N)CC(C)(C)C1. The second-order valence-corrected chi connectivity index (χ2v) is 14.7. The number of rotatable bonds is 4. The summed E-state index contributed by atoms with van der Waals surface area (Å²) >= 11 is 0. The van der Waals surface area contributed by atoms with Gasteiger partial charge in [0.15, 0.2) is 5.78 Å². The van der Waals surface area contributed by atoms with Gasteiger partial charge in [-0.05, 0) is 68.6 Å². The van der Waals surface area contributed by atoms with Crippen molar-refractivity contribution in [3.63, 3.8) is 0 Å². The first-order valence-corrected chi connectivity index (χ1v) is 13.5. The normalized spacial score (nSPS) is 25.6. The van der Waals surface area contributed by atoms with Gasteiger partial charge in [0.2, 0.25) is 0 Å². The summed E-state index contributed by atoms with van der Waals surface area (Å²) in [6, 6.07) is 6.55. The highest BCUT2D eigenvalue weighted by molar-refractivity contribution is 7.85. The zero-order valence-electron chi connectivity index (χ0n) is 22.4. The van der Waals surface area contributed by atoms with E-state index in [0.717, 1.165) is 25.7 Å². The van der Waals surface area contributed by atoms with Crippen LogP contribution in [0.2, 0.25) is 0 Å². The molecular formula is C27H41N3O3S. The number of Topliss-reactive ketones (excluding diaryl/α,β-unsaturated/α-hetero) is 2. The van der Waals surface area contributed by atoms with E-state index >= 15 is 0 Å². The zero-order chi connectivity index (χ0) is 26.8. The van der Waals surface area contributed by atoms with Gasteiger partial charge >= 0.3 is 0 Å². The number of hydrogen-bond donors (Lipinski definition) is 0. The molecule has 0 radical (unpaired) electrons. The van der Waals surface area contributed by atoms with Crippen LogP contribution in [0.4, 0.5) is 0 Å². The summed E-state index contributed by atoms with van der Waals surface area (Å²) in [7, 11) is -1.14. The Balaban J connectivity index is 0.000000262. The van der Waals surface area contributed by atoms with Crippen molar-refractivity contribution in [2.24, 2.45) is 32.5 Å². The van der Waals surface area contributed by atoms with Crippen molar-refractivity contribution in [2.75, 3.05) is 12.0 Å². The lowest BCUT2D eigenvalue weighted by Crippen LogP contribution is -2.49. The molecule has 0 amide bonds. The van der Waals surface area contributed by atoms with Crippen LogP contribution in [0.1, 0.15) is 93.9 Å². The summed E-state index contributed by atoms with van der Waals surface area (Å²) in [5.74, 6) is -0.108. The van der Waals surface area contributed by atoms with Crippen LogP contribution in [0, 0.1) is 66.5 Å². The number of carbonyl (C=O) groups is 2. The largest absolute Gasteiger partial charge is 0.298 e. The van der Waals surface area contributed by atoms with Crippen molar-refractivity contribution in [1.82, 2.24) is 0 Å². The van der Waals surface area contributed by atoms with E-state index in [4.69, 9.17) is 15.8 Å². The van der Waals surface area contributed by atoms with E-state index in [1.165, 1.54) is 13.2 Å². The Bertz CT molecular complexity index is 949. The minimum absolute atomic E-state index is 0.00347. The van der Waals surface area contributed by atoms with Crippen LogP contribution in [-0.2, 0) is 20.4 Å². The Morgan fingerprint density at radius 3 is 1.24 bits per heavy atom. The number of hydrogen-bond acceptors (Lipinski definition) is 6. The molecule has 0 spiro atoms. The van der Waals surface area contributed by atoms with Crippen LogP contribution in [0.3, 0.4) is 0 Å².